The molecular weight excluding hydrogens is 160 g/mol. The highest BCUT2D eigenvalue weighted by atomic mass is 15.1. The van der Waals surface area contributed by atoms with Gasteiger partial charge in [-0.25, -0.2) is 0 Å². The van der Waals surface area contributed by atoms with E-state index in [0.29, 0.717) is 0 Å². The Kier molecular flexibility index (Phi) is 1.94. The van der Waals surface area contributed by atoms with Gasteiger partial charge in [-0.2, -0.15) is 5.26 Å². The van der Waals surface area contributed by atoms with E-state index in [1.807, 2.05) is 4.90 Å². The Morgan fingerprint density at radius 3 is 3.08 bits per heavy atom. The monoisotopic (exact) mass is 172 g/mol. The van der Waals surface area contributed by atoms with Crippen LogP contribution < -0.4 is 0 Å². The Bertz CT molecular complexity index is 363. The van der Waals surface area contributed by atoms with E-state index in [-0.39, 0.29) is 0 Å². The molecule has 1 aliphatic rings. The van der Waals surface area contributed by atoms with Crippen molar-refractivity contribution in [2.75, 3.05) is 6.54 Å². The van der Waals surface area contributed by atoms with Crippen molar-refractivity contribution < 1.29 is 0 Å². The van der Waals surface area contributed by atoms with E-state index in [0.717, 1.165) is 19.5 Å². The van der Waals surface area contributed by atoms with Crippen LogP contribution >= 0.6 is 0 Å². The van der Waals surface area contributed by atoms with Gasteiger partial charge in [-0.15, -0.1) is 0 Å². The van der Waals surface area contributed by atoms with Gasteiger partial charge in [0.1, 0.15) is 0 Å². The van der Waals surface area contributed by atoms with Crippen molar-refractivity contribution in [1.29, 1.82) is 5.26 Å². The molecule has 2 heteroatoms. The molecule has 0 radical (unpaired) electrons. The lowest BCUT2D eigenvalue weighted by Crippen LogP contribution is -2.26. The van der Waals surface area contributed by atoms with E-state index in [9.17, 15) is 0 Å². The predicted molar refractivity (Wildman–Crippen MR) is 50.9 cm³/mol. The van der Waals surface area contributed by atoms with Gasteiger partial charge in [0.25, 0.3) is 0 Å². The maximum atomic E-state index is 8.76. The molecule has 0 aromatic heterocycles. The average molecular weight is 172 g/mol. The maximum absolute atomic E-state index is 8.76. The third-order valence-corrected chi connectivity index (χ3v) is 2.64. The molecule has 0 aliphatic carbocycles. The first-order chi connectivity index (χ1) is 6.31. The van der Waals surface area contributed by atoms with Crippen LogP contribution in [0, 0.1) is 18.4 Å². The number of hydrogen-bond acceptors (Lipinski definition) is 2. The van der Waals surface area contributed by atoms with Crippen LogP contribution in [0.4, 0.5) is 0 Å². The highest BCUT2D eigenvalue weighted by Crippen LogP contribution is 2.21. The molecule has 0 fully saturated rings. The van der Waals surface area contributed by atoms with E-state index in [1.54, 1.807) is 0 Å². The Morgan fingerprint density at radius 1 is 1.46 bits per heavy atom. The van der Waals surface area contributed by atoms with Crippen molar-refractivity contribution in [3.63, 3.8) is 0 Å². The fourth-order valence-corrected chi connectivity index (χ4v) is 1.89. The average Bonchev–Trinajstić information content (AvgIpc) is 2.18. The Morgan fingerprint density at radius 2 is 2.31 bits per heavy atom. The third-order valence-electron chi connectivity index (χ3n) is 2.64. The number of fused-ring (bicyclic) bond motifs is 1. The topological polar surface area (TPSA) is 27.0 Å². The second kappa shape index (κ2) is 3.10. The summed E-state index contributed by atoms with van der Waals surface area (Å²) in [5, 5.41) is 8.76. The van der Waals surface area contributed by atoms with E-state index < -0.39 is 0 Å². The molecule has 1 heterocycles. The van der Waals surface area contributed by atoms with Gasteiger partial charge in [-0.05, 0) is 30.0 Å². The van der Waals surface area contributed by atoms with Crippen molar-refractivity contribution in [3.05, 3.63) is 34.9 Å². The lowest BCUT2D eigenvalue weighted by Gasteiger charge is -2.25. The van der Waals surface area contributed by atoms with Gasteiger partial charge in [0.05, 0.1) is 6.54 Å². The molecule has 0 spiro atoms. The van der Waals surface area contributed by atoms with Crippen LogP contribution in [-0.2, 0) is 13.0 Å². The number of nitrogens with zero attached hydrogens (tertiary/aromatic N) is 2. The van der Waals surface area contributed by atoms with E-state index >= 15 is 0 Å². The molecule has 0 saturated carbocycles. The van der Waals surface area contributed by atoms with Crippen molar-refractivity contribution >= 4 is 0 Å². The van der Waals surface area contributed by atoms with Crippen LogP contribution in [0.15, 0.2) is 18.2 Å². The zero-order valence-electron chi connectivity index (χ0n) is 7.75. The van der Waals surface area contributed by atoms with E-state index in [2.05, 4.69) is 31.3 Å². The third kappa shape index (κ3) is 1.38. The Balaban J connectivity index is 2.37. The first kappa shape index (κ1) is 8.12. The molecule has 2 rings (SSSR count). The zero-order valence-corrected chi connectivity index (χ0v) is 7.75. The summed E-state index contributed by atoms with van der Waals surface area (Å²) in [4.78, 5) is 1.81. The standard InChI is InChI=1S/C11H12N2/c1-9-3-2-4-10-7-13(8-12)6-5-11(9)10/h2-4H,5-7H2,1H3. The maximum Gasteiger partial charge on any atom is 0.179 e. The zero-order chi connectivity index (χ0) is 9.26. The van der Waals surface area contributed by atoms with Gasteiger partial charge < -0.3 is 4.90 Å². The van der Waals surface area contributed by atoms with Crippen molar-refractivity contribution in [1.82, 2.24) is 4.90 Å². The van der Waals surface area contributed by atoms with Gasteiger partial charge in [0.2, 0.25) is 0 Å². The fourth-order valence-electron chi connectivity index (χ4n) is 1.89. The van der Waals surface area contributed by atoms with Crippen molar-refractivity contribution in [2.24, 2.45) is 0 Å². The predicted octanol–water partition coefficient (Wildman–Crippen LogP) is 1.83. The van der Waals surface area contributed by atoms with Gasteiger partial charge in [0.15, 0.2) is 6.19 Å². The Hall–Kier alpha value is -1.49. The highest BCUT2D eigenvalue weighted by molar-refractivity contribution is 5.36. The Labute approximate surface area is 78.4 Å². The van der Waals surface area contributed by atoms with Crippen LogP contribution in [0.25, 0.3) is 0 Å². The minimum absolute atomic E-state index is 0.785. The number of aryl methyl sites for hydroxylation is 1. The molecule has 13 heavy (non-hydrogen) atoms. The summed E-state index contributed by atoms with van der Waals surface area (Å²) in [7, 11) is 0. The SMILES string of the molecule is Cc1cccc2c1CCN(C#N)C2. The van der Waals surface area contributed by atoms with Crippen LogP contribution in [0.2, 0.25) is 0 Å². The number of hydrogen-bond donors (Lipinski definition) is 0. The van der Waals surface area contributed by atoms with E-state index in [4.69, 9.17) is 5.26 Å². The number of nitriles is 1. The first-order valence-electron chi connectivity index (χ1n) is 4.53. The molecule has 66 valence electrons. The summed E-state index contributed by atoms with van der Waals surface area (Å²) < 4.78 is 0. The molecule has 2 nitrogen and oxygen atoms in total. The molecule has 0 N–H and O–H groups in total. The minimum Gasteiger partial charge on any atom is -0.306 e. The molecule has 0 unspecified atom stereocenters. The van der Waals surface area contributed by atoms with Crippen molar-refractivity contribution in [3.8, 4) is 6.19 Å². The van der Waals surface area contributed by atoms with Crippen LogP contribution in [-0.4, -0.2) is 11.4 Å². The summed E-state index contributed by atoms with van der Waals surface area (Å²) in [5.41, 5.74) is 4.11. The number of rotatable bonds is 0. The van der Waals surface area contributed by atoms with Crippen molar-refractivity contribution in [2.45, 2.75) is 19.9 Å². The summed E-state index contributed by atoms with van der Waals surface area (Å²) >= 11 is 0. The second-order valence-electron chi connectivity index (χ2n) is 3.48. The normalized spacial score (nSPS) is 14.9. The summed E-state index contributed by atoms with van der Waals surface area (Å²) in [6, 6.07) is 6.32. The molecule has 1 aromatic rings. The number of benzene rings is 1. The molecule has 0 bridgehead atoms. The lowest BCUT2D eigenvalue weighted by atomic mass is 9.96. The second-order valence-corrected chi connectivity index (χ2v) is 3.48. The summed E-state index contributed by atoms with van der Waals surface area (Å²) in [6.45, 7) is 3.79. The van der Waals surface area contributed by atoms with E-state index in [1.165, 1.54) is 16.7 Å². The fraction of sp³-hybridized carbons (Fsp3) is 0.364. The largest absolute Gasteiger partial charge is 0.306 e. The van der Waals surface area contributed by atoms with Gasteiger partial charge >= 0.3 is 0 Å². The molecule has 1 aromatic carbocycles. The molecule has 0 saturated heterocycles. The first-order valence-corrected chi connectivity index (χ1v) is 4.53. The van der Waals surface area contributed by atoms with Crippen LogP contribution in [0.3, 0.4) is 0 Å². The summed E-state index contributed by atoms with van der Waals surface area (Å²) in [5.74, 6) is 0. The minimum atomic E-state index is 0.785. The lowest BCUT2D eigenvalue weighted by molar-refractivity contribution is 0.367. The van der Waals surface area contributed by atoms with Crippen LogP contribution in [0.5, 0.6) is 0 Å². The van der Waals surface area contributed by atoms with Gasteiger partial charge in [-0.1, -0.05) is 18.2 Å². The summed E-state index contributed by atoms with van der Waals surface area (Å²) in [6.07, 6.45) is 3.21. The van der Waals surface area contributed by atoms with Gasteiger partial charge in [-0.3, -0.25) is 0 Å². The molecule has 0 amide bonds. The quantitative estimate of drug-likeness (QED) is 0.558. The van der Waals surface area contributed by atoms with Crippen LogP contribution in [0.1, 0.15) is 16.7 Å². The molecular formula is C11H12N2. The van der Waals surface area contributed by atoms with Gasteiger partial charge in [0, 0.05) is 6.54 Å². The highest BCUT2D eigenvalue weighted by Gasteiger charge is 2.15. The molecule has 0 atom stereocenters. The molecule has 1 aliphatic heterocycles. The smallest absolute Gasteiger partial charge is 0.179 e.